The zero-order valence-corrected chi connectivity index (χ0v) is 19.2. The van der Waals surface area contributed by atoms with Crippen LogP contribution in [0.1, 0.15) is 52.3 Å². The van der Waals surface area contributed by atoms with Gasteiger partial charge in [0.25, 0.3) is 0 Å². The molecule has 0 aliphatic heterocycles. The van der Waals surface area contributed by atoms with Crippen LogP contribution in [0, 0.1) is 5.92 Å². The number of alkyl halides is 2. The number of primary amides is 1. The van der Waals surface area contributed by atoms with Crippen LogP contribution in [0.4, 0.5) is 19.3 Å². The van der Waals surface area contributed by atoms with E-state index < -0.39 is 30.2 Å². The molecule has 0 aliphatic rings. The molecule has 0 bridgehead atoms. The summed E-state index contributed by atoms with van der Waals surface area (Å²) in [5, 5.41) is 3.85. The quantitative estimate of drug-likeness (QED) is 0.529. The molecule has 10 heteroatoms. The van der Waals surface area contributed by atoms with Gasteiger partial charge in [0.15, 0.2) is 0 Å². The number of ether oxygens (including phenoxy) is 1. The summed E-state index contributed by atoms with van der Waals surface area (Å²) in [5.41, 5.74) is 5.27. The number of hydrogen-bond acceptors (Lipinski definition) is 5. The standard InChI is InChI=1S/C23H29F2N5O3/c1-7-9-18(33-22(26)32)15-10-16(12-27-11-15)19-17(13-28-30(19)21(24)25)29(23(4,5)6)20(31)14(3)8-2/h7-8,10-14,18,21H,1-2,9H2,3-6H3,(H2,26,32)/t14-,18+/m1/s1. The summed E-state index contributed by atoms with van der Waals surface area (Å²) in [7, 11) is 0. The molecule has 2 atom stereocenters. The fraction of sp³-hybridized carbons (Fsp3) is 0.391. The van der Waals surface area contributed by atoms with Crippen molar-refractivity contribution in [1.82, 2.24) is 14.8 Å². The number of halogens is 2. The molecule has 2 aromatic heterocycles. The molecule has 0 saturated carbocycles. The number of anilines is 1. The van der Waals surface area contributed by atoms with Crippen LogP contribution in [-0.4, -0.2) is 32.3 Å². The zero-order valence-electron chi connectivity index (χ0n) is 19.2. The van der Waals surface area contributed by atoms with Crippen molar-refractivity contribution in [2.24, 2.45) is 11.7 Å². The van der Waals surface area contributed by atoms with Gasteiger partial charge in [0.05, 0.1) is 23.5 Å². The smallest absolute Gasteiger partial charge is 0.405 e. The topological polar surface area (TPSA) is 103 Å². The number of carbonyl (C=O) groups excluding carboxylic acids is 2. The van der Waals surface area contributed by atoms with Gasteiger partial charge < -0.3 is 15.4 Å². The minimum absolute atomic E-state index is 0.00434. The van der Waals surface area contributed by atoms with Crippen LogP contribution in [0.15, 0.2) is 50.0 Å². The molecule has 0 spiro atoms. The Kier molecular flexibility index (Phi) is 8.08. The Morgan fingerprint density at radius 1 is 1.27 bits per heavy atom. The third-order valence-electron chi connectivity index (χ3n) is 4.88. The number of nitrogens with zero attached hydrogens (tertiary/aromatic N) is 4. The van der Waals surface area contributed by atoms with E-state index in [1.807, 2.05) is 0 Å². The van der Waals surface area contributed by atoms with Gasteiger partial charge >= 0.3 is 12.6 Å². The van der Waals surface area contributed by atoms with Crippen LogP contribution >= 0.6 is 0 Å². The van der Waals surface area contributed by atoms with Crippen LogP contribution in [0.5, 0.6) is 0 Å². The van der Waals surface area contributed by atoms with E-state index >= 15 is 0 Å². The second kappa shape index (κ2) is 10.4. The monoisotopic (exact) mass is 461 g/mol. The first-order valence-corrected chi connectivity index (χ1v) is 10.3. The fourth-order valence-corrected chi connectivity index (χ4v) is 3.37. The van der Waals surface area contributed by atoms with E-state index in [-0.39, 0.29) is 29.3 Å². The van der Waals surface area contributed by atoms with Crippen LogP contribution in [-0.2, 0) is 9.53 Å². The van der Waals surface area contributed by atoms with E-state index in [0.29, 0.717) is 10.2 Å². The lowest BCUT2D eigenvalue weighted by molar-refractivity contribution is -0.121. The summed E-state index contributed by atoms with van der Waals surface area (Å²) in [6.07, 6.45) is 5.50. The van der Waals surface area contributed by atoms with Crippen molar-refractivity contribution in [2.75, 3.05) is 4.90 Å². The average Bonchev–Trinajstić information content (AvgIpc) is 3.16. The third kappa shape index (κ3) is 5.82. The number of hydrogen-bond donors (Lipinski definition) is 1. The van der Waals surface area contributed by atoms with Crippen molar-refractivity contribution >= 4 is 17.7 Å². The van der Waals surface area contributed by atoms with Gasteiger partial charge in [-0.3, -0.25) is 9.78 Å². The number of amides is 2. The lowest BCUT2D eigenvalue weighted by Gasteiger charge is -2.37. The summed E-state index contributed by atoms with van der Waals surface area (Å²) < 4.78 is 33.5. The molecule has 0 radical (unpaired) electrons. The van der Waals surface area contributed by atoms with Gasteiger partial charge in [0.1, 0.15) is 6.10 Å². The second-order valence-corrected chi connectivity index (χ2v) is 8.43. The molecular weight excluding hydrogens is 432 g/mol. The van der Waals surface area contributed by atoms with Gasteiger partial charge in [-0.2, -0.15) is 13.9 Å². The van der Waals surface area contributed by atoms with Gasteiger partial charge in [0, 0.05) is 35.5 Å². The van der Waals surface area contributed by atoms with Crippen molar-refractivity contribution in [3.05, 3.63) is 55.5 Å². The molecule has 33 heavy (non-hydrogen) atoms. The number of pyridine rings is 1. The lowest BCUT2D eigenvalue weighted by atomic mass is 9.99. The van der Waals surface area contributed by atoms with Crippen LogP contribution in [0.2, 0.25) is 0 Å². The minimum atomic E-state index is -2.98. The third-order valence-corrected chi connectivity index (χ3v) is 4.88. The molecule has 8 nitrogen and oxygen atoms in total. The highest BCUT2D eigenvalue weighted by atomic mass is 19.3. The maximum absolute atomic E-state index is 13.9. The maximum Gasteiger partial charge on any atom is 0.405 e. The molecule has 0 saturated heterocycles. The number of carbonyl (C=O) groups is 2. The molecule has 2 heterocycles. The fourth-order valence-electron chi connectivity index (χ4n) is 3.37. The van der Waals surface area contributed by atoms with Crippen molar-refractivity contribution in [1.29, 1.82) is 0 Å². The van der Waals surface area contributed by atoms with Crippen molar-refractivity contribution in [2.45, 2.75) is 52.3 Å². The second-order valence-electron chi connectivity index (χ2n) is 8.43. The Bertz CT molecular complexity index is 1030. The van der Waals surface area contributed by atoms with Gasteiger partial charge in [-0.25, -0.2) is 9.48 Å². The molecule has 2 N–H and O–H groups in total. The molecule has 0 unspecified atom stereocenters. The van der Waals surface area contributed by atoms with E-state index in [9.17, 15) is 18.4 Å². The molecule has 0 aromatic carbocycles. The number of aromatic nitrogens is 3. The van der Waals surface area contributed by atoms with E-state index in [2.05, 4.69) is 23.2 Å². The highest BCUT2D eigenvalue weighted by Crippen LogP contribution is 2.38. The van der Waals surface area contributed by atoms with Crippen LogP contribution in [0.25, 0.3) is 11.3 Å². The van der Waals surface area contributed by atoms with Crippen LogP contribution < -0.4 is 10.6 Å². The first-order chi connectivity index (χ1) is 15.4. The largest absolute Gasteiger partial charge is 0.441 e. The van der Waals surface area contributed by atoms with Crippen molar-refractivity contribution in [3.8, 4) is 11.3 Å². The molecular formula is C23H29F2N5O3. The molecule has 178 valence electrons. The molecule has 2 aromatic rings. The summed E-state index contributed by atoms with van der Waals surface area (Å²) in [4.78, 5) is 30.1. The van der Waals surface area contributed by atoms with E-state index in [4.69, 9.17) is 10.5 Å². The minimum Gasteiger partial charge on any atom is -0.441 e. The maximum atomic E-state index is 13.9. The first-order valence-electron chi connectivity index (χ1n) is 10.3. The van der Waals surface area contributed by atoms with Crippen molar-refractivity contribution < 1.29 is 23.1 Å². The highest BCUT2D eigenvalue weighted by Gasteiger charge is 2.35. The Morgan fingerprint density at radius 2 is 1.94 bits per heavy atom. The number of rotatable bonds is 9. The van der Waals surface area contributed by atoms with Crippen LogP contribution in [0.3, 0.4) is 0 Å². The van der Waals surface area contributed by atoms with Gasteiger partial charge in [0.2, 0.25) is 5.91 Å². The Balaban J connectivity index is 2.74. The SMILES string of the molecule is C=CC[C@H](OC(N)=O)c1cncc(-c2c(N(C(=O)[C@H](C)C=C)C(C)(C)C)cnn2C(F)F)c1. The Hall–Kier alpha value is -3.56. The summed E-state index contributed by atoms with van der Waals surface area (Å²) in [6.45, 7) is 11.4. The summed E-state index contributed by atoms with van der Waals surface area (Å²) in [5.74, 6) is -0.879. The molecule has 2 amide bonds. The predicted octanol–water partition coefficient (Wildman–Crippen LogP) is 5.01. The Labute approximate surface area is 191 Å². The average molecular weight is 462 g/mol. The molecule has 0 aliphatic carbocycles. The van der Waals surface area contributed by atoms with Gasteiger partial charge in [-0.05, 0) is 26.8 Å². The van der Waals surface area contributed by atoms with Crippen molar-refractivity contribution in [3.63, 3.8) is 0 Å². The number of nitrogens with two attached hydrogens (primary N) is 1. The summed E-state index contributed by atoms with van der Waals surface area (Å²) in [6, 6.07) is 1.55. The van der Waals surface area contributed by atoms with E-state index in [1.54, 1.807) is 33.8 Å². The van der Waals surface area contributed by atoms with Gasteiger partial charge in [-0.1, -0.05) is 19.1 Å². The summed E-state index contributed by atoms with van der Waals surface area (Å²) >= 11 is 0. The molecule has 0 fully saturated rings. The lowest BCUT2D eigenvalue weighted by Crippen LogP contribution is -2.48. The van der Waals surface area contributed by atoms with E-state index in [1.165, 1.54) is 35.6 Å². The first kappa shape index (κ1) is 25.7. The zero-order chi connectivity index (χ0) is 24.9. The van der Waals surface area contributed by atoms with Gasteiger partial charge in [-0.15, -0.1) is 13.2 Å². The predicted molar refractivity (Wildman–Crippen MR) is 122 cm³/mol. The molecule has 2 rings (SSSR count). The van der Waals surface area contributed by atoms with E-state index in [0.717, 1.165) is 0 Å². The Morgan fingerprint density at radius 3 is 2.45 bits per heavy atom. The highest BCUT2D eigenvalue weighted by molar-refractivity contribution is 6.00. The normalized spacial score (nSPS) is 13.3.